The third-order valence-corrected chi connectivity index (χ3v) is 5.75. The van der Waals surface area contributed by atoms with E-state index in [1.165, 1.54) is 6.07 Å². The maximum absolute atomic E-state index is 14.9. The Labute approximate surface area is 191 Å². The Bertz CT molecular complexity index is 1160. The highest BCUT2D eigenvalue weighted by Crippen LogP contribution is 2.38. The van der Waals surface area contributed by atoms with Crippen molar-refractivity contribution in [1.29, 1.82) is 0 Å². The predicted molar refractivity (Wildman–Crippen MR) is 124 cm³/mol. The maximum Gasteiger partial charge on any atom is 0.246 e. The minimum Gasteiger partial charge on any atom is -0.329 e. The molecule has 0 fully saturated rings. The third-order valence-electron chi connectivity index (χ3n) is 5.52. The number of nitrogens with zero attached hydrogens (tertiary/aromatic N) is 5. The van der Waals surface area contributed by atoms with Gasteiger partial charge in [-0.25, -0.2) is 4.39 Å². The first kappa shape index (κ1) is 22.2. The molecule has 3 aromatic rings. The summed E-state index contributed by atoms with van der Waals surface area (Å²) in [4.78, 5) is 20.9. The number of halogens is 2. The quantitative estimate of drug-likeness (QED) is 0.542. The van der Waals surface area contributed by atoms with E-state index in [1.54, 1.807) is 30.6 Å². The van der Waals surface area contributed by atoms with Crippen molar-refractivity contribution >= 4 is 17.5 Å². The van der Waals surface area contributed by atoms with Gasteiger partial charge in [0.1, 0.15) is 11.5 Å². The number of benzene rings is 1. The van der Waals surface area contributed by atoms with Crippen molar-refractivity contribution in [2.75, 3.05) is 20.6 Å². The minimum absolute atomic E-state index is 0.0490. The van der Waals surface area contributed by atoms with Crippen molar-refractivity contribution in [3.05, 3.63) is 71.4 Å². The van der Waals surface area contributed by atoms with Crippen molar-refractivity contribution in [3.63, 3.8) is 0 Å². The number of hydrogen-bond acceptors (Lipinski definition) is 4. The maximum atomic E-state index is 14.9. The van der Waals surface area contributed by atoms with Crippen LogP contribution in [0.5, 0.6) is 0 Å². The number of carbonyl (C=O) groups is 1. The number of carbonyl (C=O) groups excluding carboxylic acids is 1. The van der Waals surface area contributed by atoms with Crippen LogP contribution in [-0.4, -0.2) is 57.2 Å². The molecule has 0 radical (unpaired) electrons. The highest BCUT2D eigenvalue weighted by atomic mass is 35.5. The smallest absolute Gasteiger partial charge is 0.246 e. The van der Waals surface area contributed by atoms with Gasteiger partial charge >= 0.3 is 0 Å². The van der Waals surface area contributed by atoms with Gasteiger partial charge in [0.2, 0.25) is 5.91 Å². The Hall–Kier alpha value is -3.03. The zero-order valence-corrected chi connectivity index (χ0v) is 19.1. The Morgan fingerprint density at radius 3 is 2.72 bits per heavy atom. The molecule has 1 unspecified atom stereocenters. The van der Waals surface area contributed by atoms with E-state index in [-0.39, 0.29) is 11.9 Å². The van der Waals surface area contributed by atoms with Crippen LogP contribution < -0.4 is 0 Å². The van der Waals surface area contributed by atoms with Crippen LogP contribution in [0.2, 0.25) is 5.02 Å². The summed E-state index contributed by atoms with van der Waals surface area (Å²) in [5, 5.41) is 5.10. The molecule has 166 valence electrons. The highest BCUT2D eigenvalue weighted by molar-refractivity contribution is 6.30. The topological polar surface area (TPSA) is 54.3 Å². The molecule has 0 bridgehead atoms. The van der Waals surface area contributed by atoms with Crippen LogP contribution in [0.3, 0.4) is 0 Å². The molecule has 1 amide bonds. The zero-order chi connectivity index (χ0) is 22.8. The Balaban J connectivity index is 1.79. The molecule has 3 heterocycles. The van der Waals surface area contributed by atoms with Crippen LogP contribution in [-0.2, 0) is 17.9 Å². The monoisotopic (exact) mass is 453 g/mol. The Kier molecular flexibility index (Phi) is 6.39. The lowest BCUT2D eigenvalue weighted by atomic mass is 9.98. The van der Waals surface area contributed by atoms with Crippen molar-refractivity contribution in [1.82, 2.24) is 24.6 Å². The van der Waals surface area contributed by atoms with Gasteiger partial charge in [-0.1, -0.05) is 17.7 Å². The van der Waals surface area contributed by atoms with E-state index in [9.17, 15) is 9.18 Å². The molecule has 0 saturated carbocycles. The number of pyridine rings is 1. The average Bonchev–Trinajstić information content (AvgIpc) is 3.11. The molecular weight excluding hydrogens is 429 g/mol. The van der Waals surface area contributed by atoms with E-state index in [0.717, 1.165) is 16.8 Å². The molecule has 0 N–H and O–H groups in total. The van der Waals surface area contributed by atoms with Crippen molar-refractivity contribution in [3.8, 4) is 22.4 Å². The number of aromatic nitrogens is 3. The second kappa shape index (κ2) is 9.22. The fraction of sp³-hybridized carbons (Fsp3) is 0.292. The third kappa shape index (κ3) is 4.45. The summed E-state index contributed by atoms with van der Waals surface area (Å²) in [6.07, 6.45) is 6.87. The molecule has 0 spiro atoms. The number of fused-ring (bicyclic) bond motifs is 1. The lowest BCUT2D eigenvalue weighted by Crippen LogP contribution is -2.44. The molecule has 32 heavy (non-hydrogen) atoms. The van der Waals surface area contributed by atoms with Crippen molar-refractivity contribution < 1.29 is 9.18 Å². The average molecular weight is 454 g/mol. The van der Waals surface area contributed by atoms with Crippen LogP contribution in [0.4, 0.5) is 4.39 Å². The summed E-state index contributed by atoms with van der Waals surface area (Å²) >= 11 is 5.97. The van der Waals surface area contributed by atoms with Crippen LogP contribution in [0.15, 0.2) is 54.9 Å². The first-order chi connectivity index (χ1) is 15.3. The molecule has 4 rings (SSSR count). The molecule has 0 aliphatic carbocycles. The van der Waals surface area contributed by atoms with E-state index in [1.807, 2.05) is 53.7 Å². The molecule has 1 atom stereocenters. The second-order valence-electron chi connectivity index (χ2n) is 8.19. The van der Waals surface area contributed by atoms with Gasteiger partial charge in [0.25, 0.3) is 0 Å². The van der Waals surface area contributed by atoms with E-state index < -0.39 is 5.82 Å². The molecule has 2 aromatic heterocycles. The molecule has 1 aliphatic rings. The first-order valence-electron chi connectivity index (χ1n) is 10.4. The Morgan fingerprint density at radius 2 is 2.03 bits per heavy atom. The number of rotatable bonds is 5. The summed E-state index contributed by atoms with van der Waals surface area (Å²) in [5.74, 6) is -0.484. The zero-order valence-electron chi connectivity index (χ0n) is 18.3. The molecule has 1 aliphatic heterocycles. The van der Waals surface area contributed by atoms with Crippen LogP contribution in [0.1, 0.15) is 12.6 Å². The lowest BCUT2D eigenvalue weighted by Gasteiger charge is -2.33. The van der Waals surface area contributed by atoms with Gasteiger partial charge < -0.3 is 9.80 Å². The van der Waals surface area contributed by atoms with Gasteiger partial charge in [-0.05, 0) is 56.9 Å². The second-order valence-corrected chi connectivity index (χ2v) is 8.63. The molecule has 0 saturated heterocycles. The van der Waals surface area contributed by atoms with Gasteiger partial charge in [-0.2, -0.15) is 5.10 Å². The fourth-order valence-corrected chi connectivity index (χ4v) is 4.08. The minimum atomic E-state index is -0.434. The lowest BCUT2D eigenvalue weighted by molar-refractivity contribution is -0.129. The number of likely N-dealkylation sites (N-methyl/N-ethyl adjacent to an activating group) is 1. The SMILES string of the molecule is CC1Cn2nc(-c3ccc(Cl)cc3F)c(-c3ccncc3)c2CN1C(=O)/C=C/CN(C)C. The normalized spacial score (nSPS) is 16.1. The largest absolute Gasteiger partial charge is 0.329 e. The van der Waals surface area contributed by atoms with Gasteiger partial charge in [0, 0.05) is 47.2 Å². The van der Waals surface area contributed by atoms with Crippen molar-refractivity contribution in [2.24, 2.45) is 0 Å². The van der Waals surface area contributed by atoms with E-state index >= 15 is 0 Å². The Morgan fingerprint density at radius 1 is 1.28 bits per heavy atom. The number of amides is 1. The van der Waals surface area contributed by atoms with Crippen LogP contribution in [0.25, 0.3) is 22.4 Å². The fourth-order valence-electron chi connectivity index (χ4n) is 3.92. The van der Waals surface area contributed by atoms with Crippen molar-refractivity contribution in [2.45, 2.75) is 26.1 Å². The summed E-state index contributed by atoms with van der Waals surface area (Å²) in [6.45, 7) is 3.59. The molecule has 6 nitrogen and oxygen atoms in total. The van der Waals surface area contributed by atoms with Crippen LogP contribution in [0, 0.1) is 5.82 Å². The van der Waals surface area contributed by atoms with Gasteiger partial charge in [0.05, 0.1) is 18.8 Å². The molecule has 1 aromatic carbocycles. The standard InChI is InChI=1S/C24H25ClFN5O/c1-16-14-31-21(15-30(16)22(32)5-4-12-29(2)3)23(17-8-10-27-11-9-17)24(28-31)19-7-6-18(25)13-20(19)26/h4-11,13,16H,12,14-15H2,1-3H3/b5-4+. The predicted octanol–water partition coefficient (Wildman–Crippen LogP) is 4.25. The van der Waals surface area contributed by atoms with Crippen LogP contribution >= 0.6 is 11.6 Å². The summed E-state index contributed by atoms with van der Waals surface area (Å²) in [7, 11) is 3.91. The van der Waals surface area contributed by atoms with E-state index in [2.05, 4.69) is 4.98 Å². The van der Waals surface area contributed by atoms with Gasteiger partial charge in [-0.3, -0.25) is 14.5 Å². The first-order valence-corrected chi connectivity index (χ1v) is 10.8. The summed E-state index contributed by atoms with van der Waals surface area (Å²) in [5.41, 5.74) is 3.45. The van der Waals surface area contributed by atoms with E-state index in [0.29, 0.717) is 35.9 Å². The van der Waals surface area contributed by atoms with E-state index in [4.69, 9.17) is 16.7 Å². The van der Waals surface area contributed by atoms with Gasteiger partial charge in [0.15, 0.2) is 0 Å². The highest BCUT2D eigenvalue weighted by Gasteiger charge is 2.31. The summed E-state index contributed by atoms with van der Waals surface area (Å²) in [6, 6.07) is 8.29. The summed E-state index contributed by atoms with van der Waals surface area (Å²) < 4.78 is 16.7. The van der Waals surface area contributed by atoms with Gasteiger partial charge in [-0.15, -0.1) is 0 Å². The molecular formula is C24H25ClFN5O. The molecule has 8 heteroatoms. The number of hydrogen-bond donors (Lipinski definition) is 0.